The van der Waals surface area contributed by atoms with Crippen LogP contribution in [0.1, 0.15) is 12.5 Å². The van der Waals surface area contributed by atoms with Gasteiger partial charge >= 0.3 is 0 Å². The van der Waals surface area contributed by atoms with Crippen LogP contribution in [-0.4, -0.2) is 42.9 Å². The predicted octanol–water partition coefficient (Wildman–Crippen LogP) is 0.151. The largest absolute Gasteiger partial charge is 0.346 e. The molecule has 19 heavy (non-hydrogen) atoms. The summed E-state index contributed by atoms with van der Waals surface area (Å²) in [6.45, 7) is 2.48. The van der Waals surface area contributed by atoms with Crippen LogP contribution in [0, 0.1) is 0 Å². The van der Waals surface area contributed by atoms with Crippen molar-refractivity contribution >= 4 is 11.8 Å². The summed E-state index contributed by atoms with van der Waals surface area (Å²) in [4.78, 5) is 24.8. The molecule has 0 spiro atoms. The summed E-state index contributed by atoms with van der Waals surface area (Å²) >= 11 is 0. The van der Waals surface area contributed by atoms with E-state index in [-0.39, 0.29) is 18.4 Å². The Labute approximate surface area is 113 Å². The predicted molar refractivity (Wildman–Crippen MR) is 74.4 cm³/mol. The van der Waals surface area contributed by atoms with E-state index in [0.29, 0.717) is 13.0 Å². The van der Waals surface area contributed by atoms with Gasteiger partial charge in [0, 0.05) is 13.6 Å². The van der Waals surface area contributed by atoms with Gasteiger partial charge in [0.25, 0.3) is 0 Å². The zero-order valence-electron chi connectivity index (χ0n) is 11.4. The van der Waals surface area contributed by atoms with Crippen molar-refractivity contribution in [2.24, 2.45) is 5.73 Å². The number of nitrogens with zero attached hydrogens (tertiary/aromatic N) is 1. The number of amides is 2. The smallest absolute Gasteiger partial charge is 0.241 e. The fourth-order valence-electron chi connectivity index (χ4n) is 1.57. The van der Waals surface area contributed by atoms with Gasteiger partial charge < -0.3 is 16.0 Å². The van der Waals surface area contributed by atoms with Gasteiger partial charge in [0.05, 0.1) is 12.6 Å². The second-order valence-electron chi connectivity index (χ2n) is 4.42. The molecule has 0 aliphatic carbocycles. The first-order valence-corrected chi connectivity index (χ1v) is 6.35. The maximum atomic E-state index is 11.8. The minimum atomic E-state index is -0.637. The summed E-state index contributed by atoms with van der Waals surface area (Å²) in [6.07, 6.45) is 0.463. The average Bonchev–Trinajstić information content (AvgIpc) is 2.44. The van der Waals surface area contributed by atoms with E-state index in [1.165, 1.54) is 0 Å². The lowest BCUT2D eigenvalue weighted by atomic mass is 10.1. The van der Waals surface area contributed by atoms with Gasteiger partial charge in [0.2, 0.25) is 11.8 Å². The molecule has 0 saturated heterocycles. The molecule has 0 aliphatic rings. The highest BCUT2D eigenvalue weighted by Crippen LogP contribution is 2.01. The molecular weight excluding hydrogens is 242 g/mol. The molecule has 1 aromatic carbocycles. The number of likely N-dealkylation sites (N-methyl/N-ethyl adjacent to an activating group) is 1. The molecule has 0 bridgehead atoms. The summed E-state index contributed by atoms with van der Waals surface area (Å²) < 4.78 is 0. The fraction of sp³-hybridized carbons (Fsp3) is 0.429. The molecule has 1 atom stereocenters. The van der Waals surface area contributed by atoms with E-state index < -0.39 is 6.04 Å². The molecule has 5 nitrogen and oxygen atoms in total. The number of hydrogen-bond donors (Lipinski definition) is 2. The summed E-state index contributed by atoms with van der Waals surface area (Å²) in [5.41, 5.74) is 6.81. The quantitative estimate of drug-likeness (QED) is 0.767. The molecule has 2 amide bonds. The van der Waals surface area contributed by atoms with Crippen molar-refractivity contribution in [1.82, 2.24) is 10.2 Å². The van der Waals surface area contributed by atoms with E-state index in [0.717, 1.165) is 5.56 Å². The summed E-state index contributed by atoms with van der Waals surface area (Å²) in [6, 6.07) is 8.92. The summed E-state index contributed by atoms with van der Waals surface area (Å²) in [5, 5.41) is 2.56. The van der Waals surface area contributed by atoms with Crippen molar-refractivity contribution in [3.63, 3.8) is 0 Å². The molecule has 0 aromatic heterocycles. The van der Waals surface area contributed by atoms with Crippen molar-refractivity contribution in [3.8, 4) is 0 Å². The molecule has 0 heterocycles. The van der Waals surface area contributed by atoms with Crippen LogP contribution in [0.3, 0.4) is 0 Å². The summed E-state index contributed by atoms with van der Waals surface area (Å²) in [5.74, 6) is -0.426. The number of benzene rings is 1. The maximum Gasteiger partial charge on any atom is 0.241 e. The van der Waals surface area contributed by atoms with Crippen molar-refractivity contribution in [3.05, 3.63) is 35.9 Å². The van der Waals surface area contributed by atoms with E-state index in [4.69, 9.17) is 5.73 Å². The number of nitrogens with one attached hydrogen (secondary N) is 1. The van der Waals surface area contributed by atoms with Crippen LogP contribution in [0.15, 0.2) is 30.3 Å². The Bertz CT molecular complexity index is 420. The molecule has 1 aromatic rings. The molecule has 0 saturated carbocycles. The number of carbonyl (C=O) groups is 2. The summed E-state index contributed by atoms with van der Waals surface area (Å²) in [7, 11) is 1.69. The van der Waals surface area contributed by atoms with E-state index in [2.05, 4.69) is 5.32 Å². The Hall–Kier alpha value is -1.88. The number of hydrogen-bond acceptors (Lipinski definition) is 3. The van der Waals surface area contributed by atoms with Gasteiger partial charge in [-0.25, -0.2) is 0 Å². The van der Waals surface area contributed by atoms with E-state index >= 15 is 0 Å². The lowest BCUT2D eigenvalue weighted by Crippen LogP contribution is -2.46. The van der Waals surface area contributed by atoms with Crippen LogP contribution in [0.4, 0.5) is 0 Å². The van der Waals surface area contributed by atoms with E-state index in [1.54, 1.807) is 11.9 Å². The van der Waals surface area contributed by atoms with Gasteiger partial charge in [-0.2, -0.15) is 0 Å². The van der Waals surface area contributed by atoms with Gasteiger partial charge in [0.15, 0.2) is 0 Å². The molecule has 104 valence electrons. The first-order valence-electron chi connectivity index (χ1n) is 6.35. The monoisotopic (exact) mass is 263 g/mol. The topological polar surface area (TPSA) is 75.4 Å². The first-order chi connectivity index (χ1) is 9.04. The van der Waals surface area contributed by atoms with Crippen molar-refractivity contribution in [2.45, 2.75) is 19.4 Å². The second-order valence-corrected chi connectivity index (χ2v) is 4.42. The Morgan fingerprint density at radius 3 is 2.53 bits per heavy atom. The molecule has 0 radical (unpaired) electrons. The highest BCUT2D eigenvalue weighted by atomic mass is 16.2. The van der Waals surface area contributed by atoms with Crippen molar-refractivity contribution in [2.75, 3.05) is 20.1 Å². The first kappa shape index (κ1) is 15.2. The highest BCUT2D eigenvalue weighted by molar-refractivity contribution is 5.87. The average molecular weight is 263 g/mol. The number of rotatable bonds is 6. The van der Waals surface area contributed by atoms with Gasteiger partial charge in [0.1, 0.15) is 0 Å². The second kappa shape index (κ2) is 7.53. The van der Waals surface area contributed by atoms with Crippen LogP contribution in [0.5, 0.6) is 0 Å². The van der Waals surface area contributed by atoms with Crippen LogP contribution in [0.25, 0.3) is 0 Å². The van der Waals surface area contributed by atoms with Gasteiger partial charge in [-0.05, 0) is 18.9 Å². The van der Waals surface area contributed by atoms with E-state index in [1.807, 2.05) is 37.3 Å². The zero-order valence-corrected chi connectivity index (χ0v) is 11.4. The van der Waals surface area contributed by atoms with Crippen LogP contribution < -0.4 is 11.1 Å². The third-order valence-corrected chi connectivity index (χ3v) is 2.95. The lowest BCUT2D eigenvalue weighted by molar-refractivity contribution is -0.132. The van der Waals surface area contributed by atoms with Crippen LogP contribution >= 0.6 is 0 Å². The Morgan fingerprint density at radius 2 is 1.95 bits per heavy atom. The van der Waals surface area contributed by atoms with E-state index in [9.17, 15) is 9.59 Å². The molecule has 3 N–H and O–H groups in total. The molecule has 1 rings (SSSR count). The number of carbonyl (C=O) groups excluding carboxylic acids is 2. The lowest BCUT2D eigenvalue weighted by Gasteiger charge is -2.16. The molecular formula is C14H21N3O2. The number of nitrogens with two attached hydrogens (primary N) is 1. The third-order valence-electron chi connectivity index (χ3n) is 2.95. The van der Waals surface area contributed by atoms with Crippen molar-refractivity contribution < 1.29 is 9.59 Å². The Balaban J connectivity index is 2.39. The third kappa shape index (κ3) is 5.09. The van der Waals surface area contributed by atoms with Crippen molar-refractivity contribution in [1.29, 1.82) is 0 Å². The Kier molecular flexibility index (Phi) is 6.02. The Morgan fingerprint density at radius 1 is 1.32 bits per heavy atom. The van der Waals surface area contributed by atoms with Crippen LogP contribution in [-0.2, 0) is 16.0 Å². The molecule has 0 aliphatic heterocycles. The SMILES string of the molecule is CCN(C)C(=O)CNC(=O)C(N)Cc1ccccc1. The van der Waals surface area contributed by atoms with Crippen LogP contribution in [0.2, 0.25) is 0 Å². The normalized spacial score (nSPS) is 11.7. The van der Waals surface area contributed by atoms with Gasteiger partial charge in [-0.1, -0.05) is 30.3 Å². The molecule has 5 heteroatoms. The van der Waals surface area contributed by atoms with Gasteiger partial charge in [-0.15, -0.1) is 0 Å². The fourth-order valence-corrected chi connectivity index (χ4v) is 1.57. The highest BCUT2D eigenvalue weighted by Gasteiger charge is 2.15. The molecule has 0 fully saturated rings. The van der Waals surface area contributed by atoms with Gasteiger partial charge in [-0.3, -0.25) is 9.59 Å². The molecule has 1 unspecified atom stereocenters. The maximum absolute atomic E-state index is 11.8. The minimum absolute atomic E-state index is 0.00827. The minimum Gasteiger partial charge on any atom is -0.346 e. The zero-order chi connectivity index (χ0) is 14.3. The standard InChI is InChI=1S/C14H21N3O2/c1-3-17(2)13(18)10-16-14(19)12(15)9-11-7-5-4-6-8-11/h4-8,12H,3,9-10,15H2,1-2H3,(H,16,19).